The van der Waals surface area contributed by atoms with Crippen molar-refractivity contribution in [3.8, 4) is 5.75 Å². The minimum atomic E-state index is -1.85. The molecule has 7 nitrogen and oxygen atoms in total. The molecule has 0 amide bonds. The Balaban J connectivity index is 2.11. The summed E-state index contributed by atoms with van der Waals surface area (Å²) < 4.78 is 10.9. The van der Waals surface area contributed by atoms with Gasteiger partial charge in [-0.3, -0.25) is 4.79 Å². The van der Waals surface area contributed by atoms with Crippen LogP contribution in [0.15, 0.2) is 54.6 Å². The Morgan fingerprint density at radius 3 is 2.31 bits per heavy atom. The average molecular weight is 356 g/mol. The van der Waals surface area contributed by atoms with E-state index in [0.29, 0.717) is 26.7 Å². The fourth-order valence-electron chi connectivity index (χ4n) is 3.06. The maximum Gasteiger partial charge on any atom is 0.314 e. The Hall–Kier alpha value is -2.74. The summed E-state index contributed by atoms with van der Waals surface area (Å²) in [4.78, 5) is 13.0. The molecule has 0 spiro atoms. The van der Waals surface area contributed by atoms with Crippen LogP contribution >= 0.6 is 0 Å². The largest absolute Gasteiger partial charge is 0.622 e. The van der Waals surface area contributed by atoms with Gasteiger partial charge in [0.15, 0.2) is 0 Å². The van der Waals surface area contributed by atoms with Crippen molar-refractivity contribution in [2.45, 2.75) is 18.8 Å². The van der Waals surface area contributed by atoms with Crippen LogP contribution in [0.2, 0.25) is 0 Å². The van der Waals surface area contributed by atoms with Gasteiger partial charge in [0.05, 0.1) is 7.11 Å². The number of carbonyl (C=O) groups excluding carboxylic acids is 1. The fourth-order valence-corrected chi connectivity index (χ4v) is 3.06. The highest BCUT2D eigenvalue weighted by Crippen LogP contribution is 2.31. The van der Waals surface area contributed by atoms with Crippen LogP contribution in [0.3, 0.4) is 0 Å². The van der Waals surface area contributed by atoms with Gasteiger partial charge < -0.3 is 19.9 Å². The molecule has 2 aromatic rings. The molecule has 1 N–H and O–H groups in total. The minimum Gasteiger partial charge on any atom is -0.622 e. The van der Waals surface area contributed by atoms with E-state index < -0.39 is 17.7 Å². The van der Waals surface area contributed by atoms with Crippen molar-refractivity contribution in [2.24, 2.45) is 0 Å². The maximum atomic E-state index is 13.1. The zero-order chi connectivity index (χ0) is 18.9. The van der Waals surface area contributed by atoms with E-state index >= 15 is 0 Å². The number of methoxy groups -OCH3 is 2. The summed E-state index contributed by atoms with van der Waals surface area (Å²) in [5, 5.41) is 24.4. The van der Waals surface area contributed by atoms with Crippen LogP contribution in [-0.4, -0.2) is 52.6 Å². The lowest BCUT2D eigenvalue weighted by atomic mass is 10.00. The van der Waals surface area contributed by atoms with Gasteiger partial charge in [-0.2, -0.15) is 4.74 Å². The normalized spacial score (nSPS) is 23.3. The number of hydrogen-bond acceptors (Lipinski definition) is 6. The molecule has 2 aromatic carbocycles. The van der Waals surface area contributed by atoms with Crippen molar-refractivity contribution in [1.29, 1.82) is 0 Å². The fraction of sp³-hybridized carbons (Fsp3) is 0.263. The van der Waals surface area contributed by atoms with Crippen LogP contribution in [0.25, 0.3) is 0 Å². The van der Waals surface area contributed by atoms with E-state index in [-0.39, 0.29) is 5.71 Å². The molecule has 0 radical (unpaired) electrons. The number of benzene rings is 2. The van der Waals surface area contributed by atoms with Gasteiger partial charge in [-0.1, -0.05) is 35.4 Å². The lowest BCUT2D eigenvalue weighted by Crippen LogP contribution is -2.55. The Morgan fingerprint density at radius 2 is 1.77 bits per heavy atom. The monoisotopic (exact) mass is 356 g/mol. The van der Waals surface area contributed by atoms with Gasteiger partial charge in [0.25, 0.3) is 5.78 Å². The summed E-state index contributed by atoms with van der Waals surface area (Å²) in [6.45, 7) is 1.37. The number of Topliss-reactive ketones (excluding diaryl/α,β-unsaturated/α-hetero) is 1. The molecular formula is C19H20N2O5. The van der Waals surface area contributed by atoms with Gasteiger partial charge in [0.1, 0.15) is 5.75 Å². The van der Waals surface area contributed by atoms with E-state index in [4.69, 9.17) is 9.47 Å². The predicted molar refractivity (Wildman–Crippen MR) is 94.3 cm³/mol. The summed E-state index contributed by atoms with van der Waals surface area (Å²) in [7, 11) is 2.91. The first-order valence-corrected chi connectivity index (χ1v) is 8.04. The highest BCUT2D eigenvalue weighted by atomic mass is 16.6. The summed E-state index contributed by atoms with van der Waals surface area (Å²) in [5.41, 5.74) is -0.862. The Kier molecular flexibility index (Phi) is 4.78. The molecule has 136 valence electrons. The number of hydrogen-bond donors (Lipinski definition) is 1. The maximum absolute atomic E-state index is 13.1. The number of carbonyl (C=O) groups is 1. The van der Waals surface area contributed by atoms with Crippen LogP contribution in [0.1, 0.15) is 22.8 Å². The number of ether oxygens (including phenoxy) is 2. The van der Waals surface area contributed by atoms with E-state index in [9.17, 15) is 15.2 Å². The lowest BCUT2D eigenvalue weighted by Gasteiger charge is -2.27. The zero-order valence-corrected chi connectivity index (χ0v) is 14.7. The van der Waals surface area contributed by atoms with Crippen molar-refractivity contribution in [3.05, 3.63) is 70.9 Å². The summed E-state index contributed by atoms with van der Waals surface area (Å²) in [6, 6.07) is 15.1. The SMILES string of the molecule is COc1ccc(C2=[N+]([O-])C(C)(C(=O)c3ccccc3)N(O)C2OC)cc1. The van der Waals surface area contributed by atoms with Gasteiger partial charge in [-0.15, -0.1) is 0 Å². The van der Waals surface area contributed by atoms with Crippen LogP contribution < -0.4 is 4.74 Å². The molecule has 0 bridgehead atoms. The molecule has 1 heterocycles. The van der Waals surface area contributed by atoms with Crippen molar-refractivity contribution < 1.29 is 24.2 Å². The summed E-state index contributed by atoms with van der Waals surface area (Å²) in [5.74, 6) is 0.101. The van der Waals surface area contributed by atoms with Crippen LogP contribution in [0.5, 0.6) is 5.75 Å². The van der Waals surface area contributed by atoms with Crippen LogP contribution in [0, 0.1) is 5.21 Å². The van der Waals surface area contributed by atoms with E-state index in [1.165, 1.54) is 14.0 Å². The average Bonchev–Trinajstić information content (AvgIpc) is 2.89. The van der Waals surface area contributed by atoms with Gasteiger partial charge in [-0.05, 0) is 24.3 Å². The van der Waals surface area contributed by atoms with Crippen LogP contribution in [0.4, 0.5) is 0 Å². The van der Waals surface area contributed by atoms with E-state index in [2.05, 4.69) is 0 Å². The molecule has 0 saturated heterocycles. The molecule has 1 aliphatic rings. The van der Waals surface area contributed by atoms with Gasteiger partial charge in [0, 0.05) is 25.2 Å². The van der Waals surface area contributed by atoms with E-state index in [1.54, 1.807) is 61.7 Å². The second-order valence-electron chi connectivity index (χ2n) is 6.06. The number of rotatable bonds is 5. The molecule has 0 aliphatic carbocycles. The van der Waals surface area contributed by atoms with Gasteiger partial charge >= 0.3 is 5.66 Å². The van der Waals surface area contributed by atoms with Gasteiger partial charge in [0.2, 0.25) is 11.9 Å². The van der Waals surface area contributed by atoms with E-state index in [1.807, 2.05) is 0 Å². The molecule has 3 rings (SSSR count). The second-order valence-corrected chi connectivity index (χ2v) is 6.06. The quantitative estimate of drug-likeness (QED) is 0.503. The summed E-state index contributed by atoms with van der Waals surface area (Å²) in [6.07, 6.45) is -1.08. The lowest BCUT2D eigenvalue weighted by molar-refractivity contribution is -0.563. The zero-order valence-electron chi connectivity index (χ0n) is 14.7. The minimum absolute atomic E-state index is 0.143. The molecule has 0 fully saturated rings. The third-order valence-electron chi connectivity index (χ3n) is 4.59. The molecule has 2 unspecified atom stereocenters. The molecule has 1 aliphatic heterocycles. The third kappa shape index (κ3) is 2.66. The Labute approximate surface area is 151 Å². The highest BCUT2D eigenvalue weighted by molar-refractivity contribution is 6.07. The van der Waals surface area contributed by atoms with E-state index in [0.717, 1.165) is 0 Å². The molecule has 7 heteroatoms. The standard InChI is InChI=1S/C19H20N2O5/c1-19(17(22)14-7-5-4-6-8-14)20(23)16(18(26-3)21(19)24)13-9-11-15(25-2)12-10-13/h4-12,18,24H,1-3H3. The summed E-state index contributed by atoms with van der Waals surface area (Å²) >= 11 is 0. The Morgan fingerprint density at radius 1 is 1.15 bits per heavy atom. The number of ketones is 1. The molecular weight excluding hydrogens is 336 g/mol. The Bertz CT molecular complexity index is 835. The van der Waals surface area contributed by atoms with Gasteiger partial charge in [-0.25, -0.2) is 0 Å². The predicted octanol–water partition coefficient (Wildman–Crippen LogP) is 2.27. The molecule has 0 aromatic heterocycles. The number of nitrogens with zero attached hydrogens (tertiary/aromatic N) is 2. The topological polar surface area (TPSA) is 85.1 Å². The number of hydroxylamine groups is 3. The highest BCUT2D eigenvalue weighted by Gasteiger charge is 2.60. The molecule has 2 atom stereocenters. The first-order chi connectivity index (χ1) is 12.4. The van der Waals surface area contributed by atoms with Crippen molar-refractivity contribution in [3.63, 3.8) is 0 Å². The molecule has 26 heavy (non-hydrogen) atoms. The van der Waals surface area contributed by atoms with Crippen molar-refractivity contribution in [2.75, 3.05) is 14.2 Å². The van der Waals surface area contributed by atoms with Crippen LogP contribution in [-0.2, 0) is 4.74 Å². The molecule has 0 saturated carbocycles. The van der Waals surface area contributed by atoms with Crippen molar-refractivity contribution in [1.82, 2.24) is 5.06 Å². The third-order valence-corrected chi connectivity index (χ3v) is 4.59. The first kappa shape index (κ1) is 18.1. The smallest absolute Gasteiger partial charge is 0.314 e. The van der Waals surface area contributed by atoms with Crippen molar-refractivity contribution >= 4 is 11.5 Å². The second kappa shape index (κ2) is 6.87. The first-order valence-electron chi connectivity index (χ1n) is 8.04.